The van der Waals surface area contributed by atoms with E-state index in [1.807, 2.05) is 19.1 Å². The number of benzene rings is 2. The summed E-state index contributed by atoms with van der Waals surface area (Å²) in [5.74, 6) is -1.54. The van der Waals surface area contributed by atoms with Crippen LogP contribution in [0, 0.1) is 5.82 Å². The molecule has 34 heavy (non-hydrogen) atoms. The summed E-state index contributed by atoms with van der Waals surface area (Å²) < 4.78 is 45.0. The van der Waals surface area contributed by atoms with Crippen molar-refractivity contribution >= 4 is 38.4 Å². The minimum Gasteiger partial charge on any atom is -0.465 e. The van der Waals surface area contributed by atoms with Crippen molar-refractivity contribution < 1.29 is 27.1 Å². The Morgan fingerprint density at radius 3 is 2.53 bits per heavy atom. The molecule has 0 saturated carbocycles. The molecule has 1 aliphatic heterocycles. The lowest BCUT2D eigenvalue weighted by Gasteiger charge is -2.33. The van der Waals surface area contributed by atoms with Crippen molar-refractivity contribution in [1.82, 2.24) is 14.7 Å². The molecule has 0 radical (unpaired) electrons. The molecule has 0 unspecified atom stereocenters. The van der Waals surface area contributed by atoms with Gasteiger partial charge < -0.3 is 9.64 Å². The number of hydrogen-bond acceptors (Lipinski definition) is 6. The Balaban J connectivity index is 1.71. The van der Waals surface area contributed by atoms with Gasteiger partial charge in [0.1, 0.15) is 5.82 Å². The second kappa shape index (κ2) is 9.41. The standard InChI is InChI=1S/C23H25FN4O5S/c1-3-28-21-13-19(7-6-17(21)14-25-28)27(23(30)26-8-10-34(31,32)11-9-26)15-18-5-4-16(12-20(18)24)22(29)33-2/h4-7,12-14H,3,8-11,15H2,1-2H3. The molecular formula is C23H25FN4O5S. The van der Waals surface area contributed by atoms with Crippen LogP contribution in [0.5, 0.6) is 0 Å². The van der Waals surface area contributed by atoms with Crippen molar-refractivity contribution in [1.29, 1.82) is 0 Å². The van der Waals surface area contributed by atoms with Gasteiger partial charge in [-0.3, -0.25) is 9.58 Å². The smallest absolute Gasteiger partial charge is 0.337 e. The fourth-order valence-electron chi connectivity index (χ4n) is 3.91. The molecule has 2 amide bonds. The highest BCUT2D eigenvalue weighted by Gasteiger charge is 2.30. The molecule has 1 fully saturated rings. The molecule has 0 bridgehead atoms. The van der Waals surface area contributed by atoms with Gasteiger partial charge in [0.05, 0.1) is 42.4 Å². The Morgan fingerprint density at radius 1 is 1.15 bits per heavy atom. The molecule has 2 aromatic carbocycles. The molecule has 4 rings (SSSR count). The van der Waals surface area contributed by atoms with Crippen molar-refractivity contribution in [3.05, 3.63) is 59.5 Å². The third-order valence-electron chi connectivity index (χ3n) is 5.89. The number of urea groups is 1. The molecular weight excluding hydrogens is 463 g/mol. The van der Waals surface area contributed by atoms with Crippen LogP contribution in [0.25, 0.3) is 10.9 Å². The van der Waals surface area contributed by atoms with Crippen LogP contribution in [0.1, 0.15) is 22.8 Å². The fourth-order valence-corrected chi connectivity index (χ4v) is 5.11. The molecule has 3 aromatic rings. The van der Waals surface area contributed by atoms with Crippen LogP contribution in [0.4, 0.5) is 14.9 Å². The Morgan fingerprint density at radius 2 is 1.88 bits per heavy atom. The van der Waals surface area contributed by atoms with Crippen LogP contribution in [0.15, 0.2) is 42.6 Å². The number of amides is 2. The summed E-state index contributed by atoms with van der Waals surface area (Å²) in [6.45, 7) is 2.61. The average molecular weight is 489 g/mol. The van der Waals surface area contributed by atoms with Gasteiger partial charge in [0.15, 0.2) is 9.84 Å². The zero-order valence-corrected chi connectivity index (χ0v) is 19.7. The Labute approximate surface area is 196 Å². The summed E-state index contributed by atoms with van der Waals surface area (Å²) in [5, 5.41) is 5.23. The van der Waals surface area contributed by atoms with Crippen LogP contribution in [-0.2, 0) is 27.7 Å². The number of ether oxygens (including phenoxy) is 1. The first kappa shape index (κ1) is 23.7. The van der Waals surface area contributed by atoms with E-state index in [1.54, 1.807) is 16.9 Å². The third-order valence-corrected chi connectivity index (χ3v) is 7.50. The molecule has 11 heteroatoms. The molecule has 0 spiro atoms. The SMILES string of the molecule is CCn1ncc2ccc(N(Cc3ccc(C(=O)OC)cc3F)C(=O)N3CCS(=O)(=O)CC3)cc21. The summed E-state index contributed by atoms with van der Waals surface area (Å²) in [5.41, 5.74) is 1.61. The summed E-state index contributed by atoms with van der Waals surface area (Å²) in [7, 11) is -1.97. The van der Waals surface area contributed by atoms with Gasteiger partial charge in [-0.05, 0) is 37.3 Å². The highest BCUT2D eigenvalue weighted by Crippen LogP contribution is 2.26. The quantitative estimate of drug-likeness (QED) is 0.512. The Kier molecular flexibility index (Phi) is 6.56. The van der Waals surface area contributed by atoms with Crippen LogP contribution >= 0.6 is 0 Å². The third kappa shape index (κ3) is 4.74. The van der Waals surface area contributed by atoms with Gasteiger partial charge in [0, 0.05) is 36.3 Å². The van der Waals surface area contributed by atoms with Gasteiger partial charge in [-0.25, -0.2) is 22.4 Å². The van der Waals surface area contributed by atoms with E-state index in [9.17, 15) is 22.4 Å². The summed E-state index contributed by atoms with van der Waals surface area (Å²) in [6.07, 6.45) is 1.73. The second-order valence-electron chi connectivity index (χ2n) is 8.01. The van der Waals surface area contributed by atoms with Crippen LogP contribution in [-0.4, -0.2) is 66.8 Å². The number of methoxy groups -OCH3 is 1. The van der Waals surface area contributed by atoms with E-state index in [2.05, 4.69) is 9.84 Å². The number of aromatic nitrogens is 2. The van der Waals surface area contributed by atoms with E-state index in [0.29, 0.717) is 12.2 Å². The number of fused-ring (bicyclic) bond motifs is 1. The number of aryl methyl sites for hydroxylation is 1. The molecule has 180 valence electrons. The van der Waals surface area contributed by atoms with Crippen molar-refractivity contribution in [2.45, 2.75) is 20.0 Å². The van der Waals surface area contributed by atoms with E-state index in [-0.39, 0.29) is 42.3 Å². The lowest BCUT2D eigenvalue weighted by Crippen LogP contribution is -2.49. The topological polar surface area (TPSA) is 102 Å². The molecule has 1 aromatic heterocycles. The fraction of sp³-hybridized carbons (Fsp3) is 0.348. The minimum atomic E-state index is -3.18. The first-order valence-corrected chi connectivity index (χ1v) is 12.6. The monoisotopic (exact) mass is 488 g/mol. The highest BCUT2D eigenvalue weighted by molar-refractivity contribution is 7.91. The van der Waals surface area contributed by atoms with E-state index in [1.165, 1.54) is 29.0 Å². The maximum absolute atomic E-state index is 14.9. The molecule has 9 nitrogen and oxygen atoms in total. The maximum atomic E-state index is 14.9. The molecule has 0 atom stereocenters. The largest absolute Gasteiger partial charge is 0.465 e. The van der Waals surface area contributed by atoms with Crippen molar-refractivity contribution in [2.75, 3.05) is 36.6 Å². The van der Waals surface area contributed by atoms with E-state index >= 15 is 0 Å². The van der Waals surface area contributed by atoms with E-state index in [0.717, 1.165) is 17.0 Å². The lowest BCUT2D eigenvalue weighted by molar-refractivity contribution is 0.0600. The van der Waals surface area contributed by atoms with Gasteiger partial charge in [0.25, 0.3) is 0 Å². The highest BCUT2D eigenvalue weighted by atomic mass is 32.2. The summed E-state index contributed by atoms with van der Waals surface area (Å²) in [6, 6.07) is 8.93. The molecule has 1 aliphatic rings. The lowest BCUT2D eigenvalue weighted by atomic mass is 10.1. The zero-order chi connectivity index (χ0) is 24.5. The van der Waals surface area contributed by atoms with Gasteiger partial charge in [0.2, 0.25) is 0 Å². The second-order valence-corrected chi connectivity index (χ2v) is 10.3. The number of hydrogen-bond donors (Lipinski definition) is 0. The van der Waals surface area contributed by atoms with Crippen LogP contribution in [0.2, 0.25) is 0 Å². The molecule has 0 N–H and O–H groups in total. The average Bonchev–Trinajstić information content (AvgIpc) is 3.24. The maximum Gasteiger partial charge on any atom is 0.337 e. The van der Waals surface area contributed by atoms with Crippen molar-refractivity contribution in [3.63, 3.8) is 0 Å². The zero-order valence-electron chi connectivity index (χ0n) is 18.9. The molecule has 0 aliphatic carbocycles. The number of halogens is 1. The van der Waals surface area contributed by atoms with Gasteiger partial charge in [-0.15, -0.1) is 0 Å². The van der Waals surface area contributed by atoms with Crippen LogP contribution in [0.3, 0.4) is 0 Å². The first-order chi connectivity index (χ1) is 16.2. The van der Waals surface area contributed by atoms with Gasteiger partial charge in [-0.2, -0.15) is 5.10 Å². The molecule has 2 heterocycles. The number of nitrogens with zero attached hydrogens (tertiary/aromatic N) is 4. The minimum absolute atomic E-state index is 0.0659. The van der Waals surface area contributed by atoms with E-state index in [4.69, 9.17) is 0 Å². The predicted molar refractivity (Wildman–Crippen MR) is 125 cm³/mol. The number of anilines is 1. The number of carbonyl (C=O) groups excluding carboxylic acids is 2. The number of carbonyl (C=O) groups is 2. The van der Waals surface area contributed by atoms with Crippen molar-refractivity contribution in [3.8, 4) is 0 Å². The number of sulfone groups is 1. The normalized spacial score (nSPS) is 15.3. The van der Waals surface area contributed by atoms with Gasteiger partial charge >= 0.3 is 12.0 Å². The first-order valence-electron chi connectivity index (χ1n) is 10.8. The van der Waals surface area contributed by atoms with Gasteiger partial charge in [-0.1, -0.05) is 6.07 Å². The molecule has 1 saturated heterocycles. The van der Waals surface area contributed by atoms with Crippen LogP contribution < -0.4 is 4.90 Å². The summed E-state index contributed by atoms with van der Waals surface area (Å²) >= 11 is 0. The van der Waals surface area contributed by atoms with Crippen molar-refractivity contribution in [2.24, 2.45) is 0 Å². The Bertz CT molecular complexity index is 1340. The summed E-state index contributed by atoms with van der Waals surface area (Å²) in [4.78, 5) is 28.1. The number of esters is 1. The predicted octanol–water partition coefficient (Wildman–Crippen LogP) is 2.84. The Hall–Kier alpha value is -3.47. The number of rotatable bonds is 5. The van der Waals surface area contributed by atoms with E-state index < -0.39 is 27.7 Å².